The molecule has 0 bridgehead atoms. The second kappa shape index (κ2) is 6.47. The van der Waals surface area contributed by atoms with Gasteiger partial charge in [0.15, 0.2) is 5.75 Å². The van der Waals surface area contributed by atoms with Gasteiger partial charge in [-0.2, -0.15) is 8.78 Å². The number of nitrogens with zero attached hydrogens (tertiary/aromatic N) is 2. The van der Waals surface area contributed by atoms with Crippen molar-refractivity contribution in [2.75, 3.05) is 37.8 Å². The molecule has 2 rings (SSSR count). The van der Waals surface area contributed by atoms with Gasteiger partial charge in [0.05, 0.1) is 5.69 Å². The summed E-state index contributed by atoms with van der Waals surface area (Å²) in [6, 6.07) is 3.91. The largest absolute Gasteiger partial charge is 0.433 e. The molecule has 0 aliphatic carbocycles. The molecule has 1 aliphatic rings. The van der Waals surface area contributed by atoms with E-state index >= 15 is 0 Å². The molecule has 0 spiro atoms. The van der Waals surface area contributed by atoms with Crippen molar-refractivity contribution in [3.05, 3.63) is 17.7 Å². The zero-order valence-electron chi connectivity index (χ0n) is 12.8. The minimum Gasteiger partial charge on any atom is -0.433 e. The van der Waals surface area contributed by atoms with Crippen LogP contribution in [-0.4, -0.2) is 44.7 Å². The van der Waals surface area contributed by atoms with E-state index in [0.29, 0.717) is 6.04 Å². The Bertz CT molecular complexity index is 486. The average Bonchev–Trinajstić information content (AvgIpc) is 2.41. The lowest BCUT2D eigenvalue weighted by molar-refractivity contribution is -0.0493. The zero-order valence-corrected chi connectivity index (χ0v) is 12.8. The van der Waals surface area contributed by atoms with E-state index in [-0.39, 0.29) is 11.4 Å². The molecule has 0 unspecified atom stereocenters. The first-order chi connectivity index (χ1) is 9.88. The van der Waals surface area contributed by atoms with Crippen molar-refractivity contribution in [1.29, 1.82) is 0 Å². The Morgan fingerprint density at radius 3 is 2.43 bits per heavy atom. The number of ether oxygens (including phenoxy) is 1. The Balaban J connectivity index is 2.16. The highest BCUT2D eigenvalue weighted by Gasteiger charge is 2.22. The molecule has 0 aromatic heterocycles. The fourth-order valence-electron chi connectivity index (χ4n) is 2.86. The number of nitrogen functional groups attached to an aromatic ring is 1. The third-order valence-electron chi connectivity index (χ3n) is 4.08. The lowest BCUT2D eigenvalue weighted by Gasteiger charge is -2.37. The summed E-state index contributed by atoms with van der Waals surface area (Å²) in [5.41, 5.74) is 7.91. The number of alkyl halides is 2. The van der Waals surface area contributed by atoms with Crippen LogP contribution < -0.4 is 15.4 Å². The molecule has 0 amide bonds. The summed E-state index contributed by atoms with van der Waals surface area (Å²) in [6.07, 6.45) is 2.11. The Hall–Kier alpha value is -1.56. The normalized spacial score (nSPS) is 16.8. The number of nitrogens with two attached hydrogens (primary N) is 1. The van der Waals surface area contributed by atoms with Gasteiger partial charge in [0.25, 0.3) is 0 Å². The van der Waals surface area contributed by atoms with Crippen LogP contribution in [0.1, 0.15) is 18.4 Å². The molecule has 6 heteroatoms. The Labute approximate surface area is 124 Å². The number of halogens is 2. The fraction of sp³-hybridized carbons (Fsp3) is 0.600. The van der Waals surface area contributed by atoms with Crippen LogP contribution in [0.15, 0.2) is 12.1 Å². The third kappa shape index (κ3) is 3.75. The fourth-order valence-corrected chi connectivity index (χ4v) is 2.86. The van der Waals surface area contributed by atoms with E-state index in [0.717, 1.165) is 37.2 Å². The van der Waals surface area contributed by atoms with E-state index in [1.165, 1.54) is 0 Å². The van der Waals surface area contributed by atoms with Gasteiger partial charge in [-0.05, 0) is 45.5 Å². The summed E-state index contributed by atoms with van der Waals surface area (Å²) in [5, 5.41) is 0. The van der Waals surface area contributed by atoms with E-state index in [1.54, 1.807) is 12.1 Å². The van der Waals surface area contributed by atoms with Crippen LogP contribution in [0.4, 0.5) is 20.2 Å². The van der Waals surface area contributed by atoms with Gasteiger partial charge in [0, 0.05) is 30.9 Å². The molecule has 2 N–H and O–H groups in total. The molecule has 1 aromatic carbocycles. The van der Waals surface area contributed by atoms with E-state index in [1.807, 2.05) is 6.92 Å². The third-order valence-corrected chi connectivity index (χ3v) is 4.08. The maximum absolute atomic E-state index is 12.4. The minimum absolute atomic E-state index is 0.0559. The molecule has 1 aromatic rings. The highest BCUT2D eigenvalue weighted by atomic mass is 19.3. The van der Waals surface area contributed by atoms with Gasteiger partial charge < -0.3 is 20.3 Å². The van der Waals surface area contributed by atoms with Gasteiger partial charge in [-0.15, -0.1) is 0 Å². The van der Waals surface area contributed by atoms with Crippen molar-refractivity contribution < 1.29 is 13.5 Å². The summed E-state index contributed by atoms with van der Waals surface area (Å²) in [5.74, 6) is 0.0559. The number of hydrogen-bond acceptors (Lipinski definition) is 4. The van der Waals surface area contributed by atoms with Crippen LogP contribution >= 0.6 is 0 Å². The van der Waals surface area contributed by atoms with Crippen molar-refractivity contribution in [1.82, 2.24) is 4.90 Å². The number of piperidine rings is 1. The number of aryl methyl sites for hydroxylation is 1. The molecule has 21 heavy (non-hydrogen) atoms. The van der Waals surface area contributed by atoms with Crippen LogP contribution in [0, 0.1) is 6.92 Å². The smallest absolute Gasteiger partial charge is 0.387 e. The van der Waals surface area contributed by atoms with Crippen molar-refractivity contribution in [3.63, 3.8) is 0 Å². The Morgan fingerprint density at radius 2 is 1.90 bits per heavy atom. The minimum atomic E-state index is -2.86. The van der Waals surface area contributed by atoms with Gasteiger partial charge in [-0.1, -0.05) is 0 Å². The Kier molecular flexibility index (Phi) is 4.88. The van der Waals surface area contributed by atoms with Crippen LogP contribution in [0.3, 0.4) is 0 Å². The number of rotatable bonds is 4. The molecule has 1 aliphatic heterocycles. The maximum Gasteiger partial charge on any atom is 0.387 e. The molecular formula is C15H23F2N3O. The second-order valence-corrected chi connectivity index (χ2v) is 5.74. The monoisotopic (exact) mass is 299 g/mol. The highest BCUT2D eigenvalue weighted by Crippen LogP contribution is 2.34. The summed E-state index contributed by atoms with van der Waals surface area (Å²) in [6.45, 7) is 0.890. The molecule has 0 atom stereocenters. The summed E-state index contributed by atoms with van der Waals surface area (Å²) < 4.78 is 29.3. The lowest BCUT2D eigenvalue weighted by atomic mass is 10.0. The number of hydrogen-bond donors (Lipinski definition) is 1. The average molecular weight is 299 g/mol. The molecule has 0 radical (unpaired) electrons. The van der Waals surface area contributed by atoms with Gasteiger partial charge in [0.1, 0.15) is 0 Å². The van der Waals surface area contributed by atoms with Crippen LogP contribution in [0.2, 0.25) is 0 Å². The predicted octanol–water partition coefficient (Wildman–Crippen LogP) is 2.71. The topological polar surface area (TPSA) is 41.7 Å². The predicted molar refractivity (Wildman–Crippen MR) is 81.1 cm³/mol. The number of anilines is 2. The molecule has 4 nitrogen and oxygen atoms in total. The zero-order chi connectivity index (χ0) is 15.6. The van der Waals surface area contributed by atoms with Gasteiger partial charge in [0.2, 0.25) is 0 Å². The SMILES string of the molecule is Cc1cc(N)c(OC(F)F)cc1N1CCC(N(C)C)CC1. The molecule has 0 saturated carbocycles. The molecular weight excluding hydrogens is 276 g/mol. The highest BCUT2D eigenvalue weighted by molar-refractivity contribution is 5.66. The van der Waals surface area contributed by atoms with E-state index in [2.05, 4.69) is 28.6 Å². The first-order valence-corrected chi connectivity index (χ1v) is 7.14. The molecule has 1 saturated heterocycles. The van der Waals surface area contributed by atoms with E-state index < -0.39 is 6.61 Å². The van der Waals surface area contributed by atoms with Gasteiger partial charge in [-0.25, -0.2) is 0 Å². The van der Waals surface area contributed by atoms with Crippen LogP contribution in [0.5, 0.6) is 5.75 Å². The second-order valence-electron chi connectivity index (χ2n) is 5.74. The summed E-state index contributed by atoms with van der Waals surface area (Å²) in [4.78, 5) is 4.45. The quantitative estimate of drug-likeness (QED) is 0.868. The standard InChI is InChI=1S/C15H23F2N3O/c1-10-8-12(18)14(21-15(16)17)9-13(10)20-6-4-11(5-7-20)19(2)3/h8-9,11,15H,4-7,18H2,1-3H3. The summed E-state index contributed by atoms with van der Waals surface area (Å²) >= 11 is 0. The van der Waals surface area contributed by atoms with Gasteiger partial charge >= 0.3 is 6.61 Å². The number of benzene rings is 1. The van der Waals surface area contributed by atoms with Gasteiger partial charge in [-0.3, -0.25) is 0 Å². The first kappa shape index (κ1) is 15.8. The molecule has 118 valence electrons. The van der Waals surface area contributed by atoms with Crippen LogP contribution in [-0.2, 0) is 0 Å². The van der Waals surface area contributed by atoms with Crippen molar-refractivity contribution >= 4 is 11.4 Å². The first-order valence-electron chi connectivity index (χ1n) is 7.14. The lowest BCUT2D eigenvalue weighted by Crippen LogP contribution is -2.42. The van der Waals surface area contributed by atoms with Crippen molar-refractivity contribution in [2.24, 2.45) is 0 Å². The molecule has 1 fully saturated rings. The van der Waals surface area contributed by atoms with E-state index in [9.17, 15) is 8.78 Å². The van der Waals surface area contributed by atoms with Crippen molar-refractivity contribution in [3.8, 4) is 5.75 Å². The van der Waals surface area contributed by atoms with E-state index in [4.69, 9.17) is 5.73 Å². The van der Waals surface area contributed by atoms with Crippen molar-refractivity contribution in [2.45, 2.75) is 32.4 Å². The molecule has 1 heterocycles. The van der Waals surface area contributed by atoms with Crippen LogP contribution in [0.25, 0.3) is 0 Å². The Morgan fingerprint density at radius 1 is 1.29 bits per heavy atom. The maximum atomic E-state index is 12.4. The summed E-state index contributed by atoms with van der Waals surface area (Å²) in [7, 11) is 4.17.